The molecule has 1 heterocycles. The predicted molar refractivity (Wildman–Crippen MR) is 65.8 cm³/mol. The molecule has 0 aromatic rings. The Balaban J connectivity index is 2.24. The second-order valence-corrected chi connectivity index (χ2v) is 4.64. The van der Waals surface area contributed by atoms with Gasteiger partial charge in [0.05, 0.1) is 18.8 Å². The van der Waals surface area contributed by atoms with E-state index in [4.69, 9.17) is 4.74 Å². The number of aliphatic hydroxyl groups is 1. The van der Waals surface area contributed by atoms with Crippen molar-refractivity contribution >= 4 is 5.91 Å². The molecule has 0 spiro atoms. The van der Waals surface area contributed by atoms with Crippen LogP contribution in [0.4, 0.5) is 0 Å². The molecule has 1 atom stereocenters. The Hall–Kier alpha value is -0.650. The van der Waals surface area contributed by atoms with Crippen molar-refractivity contribution in [2.45, 2.75) is 44.8 Å². The zero-order valence-corrected chi connectivity index (χ0v) is 10.8. The van der Waals surface area contributed by atoms with Gasteiger partial charge < -0.3 is 20.5 Å². The summed E-state index contributed by atoms with van der Waals surface area (Å²) in [5, 5.41) is 16.0. The molecular weight excluding hydrogens is 220 g/mol. The fraction of sp³-hybridized carbons (Fsp3) is 0.917. The van der Waals surface area contributed by atoms with Crippen LogP contribution in [0.3, 0.4) is 0 Å². The van der Waals surface area contributed by atoms with Gasteiger partial charge in [-0.15, -0.1) is 0 Å². The number of rotatable bonds is 6. The highest BCUT2D eigenvalue weighted by molar-refractivity contribution is 5.76. The van der Waals surface area contributed by atoms with Gasteiger partial charge in [0.2, 0.25) is 5.91 Å². The maximum atomic E-state index is 11.7. The van der Waals surface area contributed by atoms with E-state index in [-0.39, 0.29) is 11.9 Å². The maximum absolute atomic E-state index is 11.7. The summed E-state index contributed by atoms with van der Waals surface area (Å²) in [6, 6.07) is 0.0973. The first kappa shape index (κ1) is 14.4. The number of morpholine rings is 1. The van der Waals surface area contributed by atoms with Crippen LogP contribution in [-0.4, -0.2) is 49.0 Å². The smallest absolute Gasteiger partial charge is 0.221 e. The van der Waals surface area contributed by atoms with E-state index < -0.39 is 5.60 Å². The Morgan fingerprint density at radius 3 is 2.76 bits per heavy atom. The third kappa shape index (κ3) is 5.02. The van der Waals surface area contributed by atoms with Gasteiger partial charge in [-0.1, -0.05) is 13.8 Å². The molecule has 1 rings (SSSR count). The molecule has 0 bridgehead atoms. The van der Waals surface area contributed by atoms with Crippen LogP contribution in [0.2, 0.25) is 0 Å². The van der Waals surface area contributed by atoms with Gasteiger partial charge in [0.15, 0.2) is 0 Å². The molecule has 1 fully saturated rings. The van der Waals surface area contributed by atoms with Crippen LogP contribution < -0.4 is 10.6 Å². The molecule has 1 unspecified atom stereocenters. The Morgan fingerprint density at radius 2 is 2.24 bits per heavy atom. The van der Waals surface area contributed by atoms with Crippen LogP contribution in [0.15, 0.2) is 0 Å². The van der Waals surface area contributed by atoms with Crippen LogP contribution in [0.5, 0.6) is 0 Å². The highest BCUT2D eigenvalue weighted by Gasteiger charge is 2.23. The van der Waals surface area contributed by atoms with Crippen molar-refractivity contribution in [2.75, 3.05) is 26.3 Å². The minimum Gasteiger partial charge on any atom is -0.388 e. The van der Waals surface area contributed by atoms with E-state index in [0.29, 0.717) is 39.0 Å². The van der Waals surface area contributed by atoms with Crippen LogP contribution in [-0.2, 0) is 9.53 Å². The summed E-state index contributed by atoms with van der Waals surface area (Å²) in [6.07, 6.45) is 1.70. The van der Waals surface area contributed by atoms with Crippen molar-refractivity contribution in [3.63, 3.8) is 0 Å². The number of nitrogens with one attached hydrogen (secondary N) is 2. The molecule has 5 nitrogen and oxygen atoms in total. The molecule has 1 aliphatic heterocycles. The zero-order valence-electron chi connectivity index (χ0n) is 10.8. The molecule has 1 amide bonds. The first-order valence-electron chi connectivity index (χ1n) is 6.40. The van der Waals surface area contributed by atoms with Crippen molar-refractivity contribution in [1.82, 2.24) is 10.6 Å². The number of carbonyl (C=O) groups excluding carboxylic acids is 1. The average molecular weight is 244 g/mol. The van der Waals surface area contributed by atoms with Gasteiger partial charge in [-0.3, -0.25) is 4.79 Å². The fourth-order valence-corrected chi connectivity index (χ4v) is 1.81. The summed E-state index contributed by atoms with van der Waals surface area (Å²) in [7, 11) is 0. The maximum Gasteiger partial charge on any atom is 0.221 e. The lowest BCUT2D eigenvalue weighted by Crippen LogP contribution is -2.47. The van der Waals surface area contributed by atoms with Crippen LogP contribution >= 0.6 is 0 Å². The number of hydrogen-bond donors (Lipinski definition) is 3. The molecule has 0 aromatic carbocycles. The van der Waals surface area contributed by atoms with E-state index in [9.17, 15) is 9.90 Å². The Bertz CT molecular complexity index is 236. The van der Waals surface area contributed by atoms with Gasteiger partial charge in [0.25, 0.3) is 0 Å². The highest BCUT2D eigenvalue weighted by Crippen LogP contribution is 2.12. The number of amides is 1. The van der Waals surface area contributed by atoms with Gasteiger partial charge in [0.1, 0.15) is 0 Å². The summed E-state index contributed by atoms with van der Waals surface area (Å²) >= 11 is 0. The highest BCUT2D eigenvalue weighted by atomic mass is 16.5. The van der Waals surface area contributed by atoms with E-state index in [1.54, 1.807) is 0 Å². The zero-order chi connectivity index (χ0) is 12.7. The van der Waals surface area contributed by atoms with Crippen LogP contribution in [0.25, 0.3) is 0 Å². The van der Waals surface area contributed by atoms with E-state index in [0.717, 1.165) is 6.54 Å². The second-order valence-electron chi connectivity index (χ2n) is 4.64. The molecule has 17 heavy (non-hydrogen) atoms. The molecular formula is C12H24N2O3. The number of ether oxygens (including phenoxy) is 1. The van der Waals surface area contributed by atoms with E-state index in [1.807, 2.05) is 13.8 Å². The fourth-order valence-electron chi connectivity index (χ4n) is 1.81. The number of carbonyl (C=O) groups is 1. The lowest BCUT2D eigenvalue weighted by molar-refractivity contribution is -0.123. The lowest BCUT2D eigenvalue weighted by Gasteiger charge is -2.27. The van der Waals surface area contributed by atoms with Gasteiger partial charge in [-0.05, 0) is 12.8 Å². The summed E-state index contributed by atoms with van der Waals surface area (Å²) in [5.74, 6) is -0.0340. The average Bonchev–Trinajstić information content (AvgIpc) is 2.37. The Labute approximate surface area is 103 Å². The van der Waals surface area contributed by atoms with E-state index >= 15 is 0 Å². The molecule has 0 aliphatic carbocycles. The van der Waals surface area contributed by atoms with Gasteiger partial charge >= 0.3 is 0 Å². The molecule has 0 radical (unpaired) electrons. The first-order valence-corrected chi connectivity index (χ1v) is 6.40. The summed E-state index contributed by atoms with van der Waals surface area (Å²) in [4.78, 5) is 11.7. The Kier molecular flexibility index (Phi) is 5.88. The molecule has 1 saturated heterocycles. The predicted octanol–water partition coefficient (Wildman–Crippen LogP) is 0.0322. The standard InChI is InChI=1S/C12H24N2O3/c1-3-12(16,4-2)9-14-11(15)7-10-8-17-6-5-13-10/h10,13,16H,3-9H2,1-2H3,(H,14,15). The van der Waals surface area contributed by atoms with E-state index in [2.05, 4.69) is 10.6 Å². The quantitative estimate of drug-likeness (QED) is 0.616. The molecule has 0 saturated carbocycles. The monoisotopic (exact) mass is 244 g/mol. The third-order valence-electron chi connectivity index (χ3n) is 3.36. The van der Waals surface area contributed by atoms with Crippen molar-refractivity contribution in [1.29, 1.82) is 0 Å². The third-order valence-corrected chi connectivity index (χ3v) is 3.36. The van der Waals surface area contributed by atoms with Crippen LogP contribution in [0.1, 0.15) is 33.1 Å². The molecule has 100 valence electrons. The summed E-state index contributed by atoms with van der Waals surface area (Å²) < 4.78 is 5.28. The van der Waals surface area contributed by atoms with Crippen molar-refractivity contribution < 1.29 is 14.6 Å². The molecule has 5 heteroatoms. The van der Waals surface area contributed by atoms with Gasteiger partial charge in [-0.25, -0.2) is 0 Å². The molecule has 1 aliphatic rings. The Morgan fingerprint density at radius 1 is 1.53 bits per heavy atom. The minimum absolute atomic E-state index is 0.0340. The van der Waals surface area contributed by atoms with Crippen molar-refractivity contribution in [3.05, 3.63) is 0 Å². The number of hydrogen-bond acceptors (Lipinski definition) is 4. The normalized spacial score (nSPS) is 21.2. The largest absolute Gasteiger partial charge is 0.388 e. The van der Waals surface area contributed by atoms with Crippen molar-refractivity contribution in [3.8, 4) is 0 Å². The molecule has 3 N–H and O–H groups in total. The topological polar surface area (TPSA) is 70.6 Å². The van der Waals surface area contributed by atoms with Crippen LogP contribution in [0, 0.1) is 0 Å². The second kappa shape index (κ2) is 6.93. The van der Waals surface area contributed by atoms with Gasteiger partial charge in [0, 0.05) is 25.6 Å². The lowest BCUT2D eigenvalue weighted by atomic mass is 9.97. The minimum atomic E-state index is -0.772. The van der Waals surface area contributed by atoms with E-state index in [1.165, 1.54) is 0 Å². The molecule has 0 aromatic heterocycles. The van der Waals surface area contributed by atoms with Crippen molar-refractivity contribution in [2.24, 2.45) is 0 Å². The summed E-state index contributed by atoms with van der Waals surface area (Å²) in [6.45, 7) is 6.26. The first-order chi connectivity index (χ1) is 8.09. The van der Waals surface area contributed by atoms with Gasteiger partial charge in [-0.2, -0.15) is 0 Å². The summed E-state index contributed by atoms with van der Waals surface area (Å²) in [5.41, 5.74) is -0.772. The SMILES string of the molecule is CCC(O)(CC)CNC(=O)CC1COCCN1.